The molecular formula is C17H36. The molecule has 0 bridgehead atoms. The minimum absolute atomic E-state index is 0.500. The second kappa shape index (κ2) is 7.44. The molecule has 1 fully saturated rings. The lowest BCUT2D eigenvalue weighted by atomic mass is 9.84. The highest BCUT2D eigenvalue weighted by Crippen LogP contribution is 2.40. The number of hydrogen-bond acceptors (Lipinski definition) is 0. The quantitative estimate of drug-likeness (QED) is 0.542. The van der Waals surface area contributed by atoms with Crippen LogP contribution in [0.15, 0.2) is 0 Å². The van der Waals surface area contributed by atoms with Crippen molar-refractivity contribution < 1.29 is 0 Å². The van der Waals surface area contributed by atoms with Crippen molar-refractivity contribution >= 4 is 0 Å². The number of hydrogen-bond donors (Lipinski definition) is 0. The first-order chi connectivity index (χ1) is 7.73. The minimum Gasteiger partial charge on any atom is -0.0651 e. The summed E-state index contributed by atoms with van der Waals surface area (Å²) < 4.78 is 0. The van der Waals surface area contributed by atoms with Gasteiger partial charge in [0, 0.05) is 0 Å². The first-order valence-corrected chi connectivity index (χ1v) is 7.73. The van der Waals surface area contributed by atoms with Crippen LogP contribution in [0.1, 0.15) is 81.1 Å². The van der Waals surface area contributed by atoms with Crippen molar-refractivity contribution in [1.29, 1.82) is 0 Å². The molecular weight excluding hydrogens is 204 g/mol. The van der Waals surface area contributed by atoms with Crippen LogP contribution < -0.4 is 0 Å². The molecule has 1 rings (SSSR count). The predicted octanol–water partition coefficient (Wildman–Crippen LogP) is 6.16. The molecule has 1 saturated carbocycles. The normalized spacial score (nSPS) is 29.1. The van der Waals surface area contributed by atoms with E-state index in [1.807, 2.05) is 0 Å². The van der Waals surface area contributed by atoms with Crippen molar-refractivity contribution in [3.8, 4) is 0 Å². The third-order valence-corrected chi connectivity index (χ3v) is 5.06. The van der Waals surface area contributed by atoms with Gasteiger partial charge < -0.3 is 0 Å². The van der Waals surface area contributed by atoms with Gasteiger partial charge in [0.25, 0.3) is 0 Å². The van der Waals surface area contributed by atoms with E-state index in [-0.39, 0.29) is 0 Å². The highest BCUT2D eigenvalue weighted by molar-refractivity contribution is 4.80. The zero-order valence-electron chi connectivity index (χ0n) is 13.6. The fourth-order valence-corrected chi connectivity index (χ4v) is 2.61. The third kappa shape index (κ3) is 5.93. The lowest BCUT2D eigenvalue weighted by molar-refractivity contribution is 0.283. The Labute approximate surface area is 111 Å². The van der Waals surface area contributed by atoms with Gasteiger partial charge in [-0.05, 0) is 35.5 Å². The Hall–Kier alpha value is 0. The molecule has 1 aliphatic rings. The summed E-state index contributed by atoms with van der Waals surface area (Å²) in [4.78, 5) is 0. The van der Waals surface area contributed by atoms with Gasteiger partial charge in [-0.2, -0.15) is 0 Å². The van der Waals surface area contributed by atoms with Crippen LogP contribution in [-0.2, 0) is 0 Å². The summed E-state index contributed by atoms with van der Waals surface area (Å²) in [5.41, 5.74) is 0.500. The van der Waals surface area contributed by atoms with Crippen LogP contribution in [0.4, 0.5) is 0 Å². The summed E-state index contributed by atoms with van der Waals surface area (Å²) in [5, 5.41) is 0. The molecule has 0 N–H and O–H groups in total. The minimum atomic E-state index is 0.500. The van der Waals surface area contributed by atoms with Gasteiger partial charge in [0.05, 0.1) is 0 Å². The van der Waals surface area contributed by atoms with Gasteiger partial charge in [0.2, 0.25) is 0 Å². The molecule has 0 spiro atoms. The van der Waals surface area contributed by atoms with Crippen molar-refractivity contribution in [1.82, 2.24) is 0 Å². The molecule has 104 valence electrons. The largest absolute Gasteiger partial charge is 0.0651 e. The van der Waals surface area contributed by atoms with Crippen LogP contribution in [0.5, 0.6) is 0 Å². The van der Waals surface area contributed by atoms with E-state index in [9.17, 15) is 0 Å². The van der Waals surface area contributed by atoms with Gasteiger partial charge in [-0.25, -0.2) is 0 Å². The monoisotopic (exact) mass is 240 g/mol. The van der Waals surface area contributed by atoms with E-state index in [1.165, 1.54) is 25.7 Å². The standard InChI is InChI=1S/C10H20.C7H16/c1-4-9-7-6-8(3)10(9)5-2;1-6(2)7(3,4)5/h8-10H,4-7H2,1-3H3;6H,1-5H3. The SMILES string of the molecule is CC(C)C(C)(C)C.CCC1CCC(C)C1CC. The molecule has 0 heterocycles. The summed E-state index contributed by atoms with van der Waals surface area (Å²) in [5.74, 6) is 3.91. The molecule has 0 aliphatic heterocycles. The third-order valence-electron chi connectivity index (χ3n) is 5.06. The lowest BCUT2D eigenvalue weighted by Gasteiger charge is -2.22. The van der Waals surface area contributed by atoms with E-state index in [2.05, 4.69) is 55.4 Å². The predicted molar refractivity (Wildman–Crippen MR) is 80.3 cm³/mol. The maximum absolute atomic E-state index is 2.42. The topological polar surface area (TPSA) is 0 Å². The van der Waals surface area contributed by atoms with Crippen molar-refractivity contribution in [2.75, 3.05) is 0 Å². The molecule has 0 aromatic heterocycles. The smallest absolute Gasteiger partial charge is 0.0360 e. The van der Waals surface area contributed by atoms with E-state index in [0.717, 1.165) is 23.7 Å². The van der Waals surface area contributed by atoms with Crippen LogP contribution in [0, 0.1) is 29.1 Å². The lowest BCUT2D eigenvalue weighted by Crippen LogP contribution is -2.12. The average molecular weight is 240 g/mol. The highest BCUT2D eigenvalue weighted by Gasteiger charge is 2.29. The van der Waals surface area contributed by atoms with Crippen LogP contribution >= 0.6 is 0 Å². The second-order valence-corrected chi connectivity index (χ2v) is 7.32. The Morgan fingerprint density at radius 1 is 1.00 bits per heavy atom. The maximum Gasteiger partial charge on any atom is -0.0360 e. The average Bonchev–Trinajstić information content (AvgIpc) is 2.58. The molecule has 3 atom stereocenters. The highest BCUT2D eigenvalue weighted by atomic mass is 14.4. The van der Waals surface area contributed by atoms with Crippen LogP contribution in [-0.4, -0.2) is 0 Å². The van der Waals surface area contributed by atoms with Gasteiger partial charge in [-0.1, -0.05) is 74.7 Å². The molecule has 0 radical (unpaired) electrons. The Balaban J connectivity index is 0.000000325. The molecule has 1 aliphatic carbocycles. The van der Waals surface area contributed by atoms with E-state index in [0.29, 0.717) is 5.41 Å². The summed E-state index contributed by atoms with van der Waals surface area (Å²) in [6.07, 6.45) is 5.79. The Bertz CT molecular complexity index is 185. The van der Waals surface area contributed by atoms with Crippen molar-refractivity contribution in [3.63, 3.8) is 0 Å². The summed E-state index contributed by atoms with van der Waals surface area (Å²) in [6, 6.07) is 0. The molecule has 0 aromatic rings. The molecule has 17 heavy (non-hydrogen) atoms. The van der Waals surface area contributed by atoms with Crippen LogP contribution in [0.3, 0.4) is 0 Å². The van der Waals surface area contributed by atoms with Crippen LogP contribution in [0.2, 0.25) is 0 Å². The summed E-state index contributed by atoms with van der Waals surface area (Å²) in [6.45, 7) is 18.4. The van der Waals surface area contributed by atoms with Crippen molar-refractivity contribution in [3.05, 3.63) is 0 Å². The van der Waals surface area contributed by atoms with E-state index >= 15 is 0 Å². The molecule has 0 amide bonds. The Kier molecular flexibility index (Phi) is 7.44. The van der Waals surface area contributed by atoms with Crippen LogP contribution in [0.25, 0.3) is 0 Å². The number of rotatable bonds is 2. The summed E-state index contributed by atoms with van der Waals surface area (Å²) >= 11 is 0. The van der Waals surface area contributed by atoms with Crippen molar-refractivity contribution in [2.45, 2.75) is 81.1 Å². The van der Waals surface area contributed by atoms with E-state index < -0.39 is 0 Å². The fourth-order valence-electron chi connectivity index (χ4n) is 2.61. The van der Waals surface area contributed by atoms with Gasteiger partial charge in [-0.15, -0.1) is 0 Å². The zero-order chi connectivity index (χ0) is 13.6. The molecule has 0 aromatic carbocycles. The van der Waals surface area contributed by atoms with Gasteiger partial charge in [0.15, 0.2) is 0 Å². The first-order valence-electron chi connectivity index (χ1n) is 7.73. The first kappa shape index (κ1) is 17.0. The molecule has 0 nitrogen and oxygen atoms in total. The maximum atomic E-state index is 2.42. The van der Waals surface area contributed by atoms with Crippen molar-refractivity contribution in [2.24, 2.45) is 29.1 Å². The second-order valence-electron chi connectivity index (χ2n) is 7.32. The van der Waals surface area contributed by atoms with E-state index in [1.54, 1.807) is 0 Å². The zero-order valence-corrected chi connectivity index (χ0v) is 13.6. The van der Waals surface area contributed by atoms with Gasteiger partial charge in [-0.3, -0.25) is 0 Å². The van der Waals surface area contributed by atoms with Gasteiger partial charge in [0.1, 0.15) is 0 Å². The van der Waals surface area contributed by atoms with E-state index in [4.69, 9.17) is 0 Å². The van der Waals surface area contributed by atoms with Gasteiger partial charge >= 0.3 is 0 Å². The fraction of sp³-hybridized carbons (Fsp3) is 1.00. The summed E-state index contributed by atoms with van der Waals surface area (Å²) in [7, 11) is 0. The molecule has 3 unspecified atom stereocenters. The Morgan fingerprint density at radius 3 is 1.71 bits per heavy atom. The molecule has 0 saturated heterocycles. The Morgan fingerprint density at radius 2 is 1.47 bits per heavy atom. The molecule has 0 heteroatoms.